The fraction of sp³-hybridized carbons (Fsp3) is 0.440. The number of hydrogen-bond acceptors (Lipinski definition) is 2. The first-order valence-electron chi connectivity index (χ1n) is 10.6. The summed E-state index contributed by atoms with van der Waals surface area (Å²) in [6, 6.07) is 16.2. The van der Waals surface area contributed by atoms with E-state index in [9.17, 15) is 0 Å². The van der Waals surface area contributed by atoms with Gasteiger partial charge in [-0.1, -0.05) is 32.0 Å². The van der Waals surface area contributed by atoms with Crippen LogP contribution in [0.3, 0.4) is 0 Å². The Bertz CT molecular complexity index is 955. The predicted octanol–water partition coefficient (Wildman–Crippen LogP) is 5.22. The summed E-state index contributed by atoms with van der Waals surface area (Å²) in [6.45, 7) is 10.1. The van der Waals surface area contributed by atoms with E-state index in [4.69, 9.17) is 4.74 Å². The summed E-state index contributed by atoms with van der Waals surface area (Å²) in [4.78, 5) is 2.61. The van der Waals surface area contributed by atoms with Crippen molar-refractivity contribution < 1.29 is 4.74 Å². The minimum Gasteiger partial charge on any atom is -0.497 e. The van der Waals surface area contributed by atoms with Gasteiger partial charge in [-0.2, -0.15) is 0 Å². The number of likely N-dealkylation sites (N-methyl/N-ethyl adjacent to an activating group) is 1. The minimum atomic E-state index is 0.604. The Labute approximate surface area is 168 Å². The van der Waals surface area contributed by atoms with Gasteiger partial charge in [0.1, 0.15) is 5.75 Å². The smallest absolute Gasteiger partial charge is 0.118 e. The van der Waals surface area contributed by atoms with Crippen molar-refractivity contribution in [1.29, 1.82) is 0 Å². The molecule has 0 saturated carbocycles. The molecule has 0 bridgehead atoms. The maximum atomic E-state index is 5.30. The molecule has 0 N–H and O–H groups in total. The highest BCUT2D eigenvalue weighted by Gasteiger charge is 2.27. The average molecular weight is 377 g/mol. The largest absolute Gasteiger partial charge is 0.497 e. The molecule has 0 fully saturated rings. The van der Waals surface area contributed by atoms with Gasteiger partial charge in [0.2, 0.25) is 0 Å². The molecule has 3 aromatic rings. The van der Waals surface area contributed by atoms with E-state index in [1.165, 1.54) is 22.0 Å². The van der Waals surface area contributed by atoms with Gasteiger partial charge in [-0.15, -0.1) is 0 Å². The zero-order valence-corrected chi connectivity index (χ0v) is 17.7. The quantitative estimate of drug-likeness (QED) is 0.587. The summed E-state index contributed by atoms with van der Waals surface area (Å²) in [5.41, 5.74) is 7.31. The summed E-state index contributed by atoms with van der Waals surface area (Å²) in [6.07, 6.45) is 3.28. The molecule has 0 amide bonds. The summed E-state index contributed by atoms with van der Waals surface area (Å²) < 4.78 is 7.89. The number of benzene rings is 2. The van der Waals surface area contributed by atoms with E-state index >= 15 is 0 Å². The number of ether oxygens (including phenoxy) is 1. The SMILES string of the molecule is CCc1ccc2c(c1)c1c(n2CCc2ccc(OC)cc2)CC(C)N(CC)C1. The monoisotopic (exact) mass is 376 g/mol. The molecule has 3 heteroatoms. The number of aromatic nitrogens is 1. The number of rotatable bonds is 6. The van der Waals surface area contributed by atoms with E-state index in [1.807, 2.05) is 0 Å². The first-order chi connectivity index (χ1) is 13.6. The van der Waals surface area contributed by atoms with E-state index in [0.717, 1.165) is 44.6 Å². The van der Waals surface area contributed by atoms with Gasteiger partial charge in [-0.25, -0.2) is 0 Å². The van der Waals surface area contributed by atoms with Gasteiger partial charge in [-0.05, 0) is 67.3 Å². The van der Waals surface area contributed by atoms with E-state index in [2.05, 4.69) is 72.7 Å². The third kappa shape index (κ3) is 3.44. The molecule has 4 rings (SSSR count). The van der Waals surface area contributed by atoms with Crippen LogP contribution in [-0.4, -0.2) is 29.2 Å². The second-order valence-electron chi connectivity index (χ2n) is 8.00. The fourth-order valence-corrected chi connectivity index (χ4v) is 4.63. The molecule has 3 nitrogen and oxygen atoms in total. The van der Waals surface area contributed by atoms with Crippen molar-refractivity contribution in [2.75, 3.05) is 13.7 Å². The van der Waals surface area contributed by atoms with Crippen LogP contribution in [0.5, 0.6) is 5.75 Å². The molecule has 1 aliphatic heterocycles. The lowest BCUT2D eigenvalue weighted by Crippen LogP contribution is -2.38. The van der Waals surface area contributed by atoms with Gasteiger partial charge in [0.05, 0.1) is 7.11 Å². The molecule has 0 spiro atoms. The number of fused-ring (bicyclic) bond motifs is 3. The normalized spacial score (nSPS) is 17.1. The highest BCUT2D eigenvalue weighted by molar-refractivity contribution is 5.86. The Balaban J connectivity index is 1.71. The standard InChI is InChI=1S/C25H32N2O/c1-5-19-9-12-24-22(16-19)23-17-26(6-2)18(3)15-25(23)27(24)14-13-20-7-10-21(28-4)11-8-20/h7-12,16,18H,5-6,13-15,17H2,1-4H3. The Hall–Kier alpha value is -2.26. The van der Waals surface area contributed by atoms with Crippen LogP contribution in [0.2, 0.25) is 0 Å². The Morgan fingerprint density at radius 3 is 2.46 bits per heavy atom. The third-order valence-corrected chi connectivity index (χ3v) is 6.42. The third-order valence-electron chi connectivity index (χ3n) is 6.42. The van der Waals surface area contributed by atoms with Crippen LogP contribution in [0.15, 0.2) is 42.5 Å². The molecule has 2 heterocycles. The van der Waals surface area contributed by atoms with Crippen molar-refractivity contribution in [3.8, 4) is 5.75 Å². The molecule has 1 atom stereocenters. The Morgan fingerprint density at radius 1 is 1.04 bits per heavy atom. The van der Waals surface area contributed by atoms with Gasteiger partial charge in [0, 0.05) is 42.1 Å². The van der Waals surface area contributed by atoms with E-state index < -0.39 is 0 Å². The van der Waals surface area contributed by atoms with Crippen LogP contribution in [-0.2, 0) is 32.4 Å². The molecule has 1 aromatic heterocycles. The van der Waals surface area contributed by atoms with Crippen LogP contribution < -0.4 is 4.74 Å². The van der Waals surface area contributed by atoms with Crippen molar-refractivity contribution in [3.05, 3.63) is 64.8 Å². The summed E-state index contributed by atoms with van der Waals surface area (Å²) in [5.74, 6) is 0.924. The lowest BCUT2D eigenvalue weighted by molar-refractivity contribution is 0.192. The van der Waals surface area contributed by atoms with Crippen molar-refractivity contribution in [2.24, 2.45) is 0 Å². The van der Waals surface area contributed by atoms with Gasteiger partial charge in [-0.3, -0.25) is 4.90 Å². The lowest BCUT2D eigenvalue weighted by Gasteiger charge is -2.33. The molecule has 1 unspecified atom stereocenters. The maximum Gasteiger partial charge on any atom is 0.118 e. The summed E-state index contributed by atoms with van der Waals surface area (Å²) in [7, 11) is 1.72. The van der Waals surface area contributed by atoms with Crippen molar-refractivity contribution in [3.63, 3.8) is 0 Å². The Kier molecular flexibility index (Phi) is 5.45. The molecule has 1 aliphatic rings. The highest BCUT2D eigenvalue weighted by Crippen LogP contribution is 2.34. The first kappa shape index (κ1) is 19.1. The van der Waals surface area contributed by atoms with Gasteiger partial charge in [0.25, 0.3) is 0 Å². The molecule has 28 heavy (non-hydrogen) atoms. The van der Waals surface area contributed by atoms with Crippen LogP contribution in [0.25, 0.3) is 10.9 Å². The number of methoxy groups -OCH3 is 1. The second-order valence-corrected chi connectivity index (χ2v) is 8.00. The molecule has 0 radical (unpaired) electrons. The predicted molar refractivity (Wildman–Crippen MR) is 117 cm³/mol. The zero-order chi connectivity index (χ0) is 19.7. The lowest BCUT2D eigenvalue weighted by atomic mass is 9.98. The molecule has 0 aliphatic carbocycles. The number of hydrogen-bond donors (Lipinski definition) is 0. The molecule has 148 valence electrons. The number of aryl methyl sites for hydroxylation is 3. The molecule has 2 aromatic carbocycles. The summed E-state index contributed by atoms with van der Waals surface area (Å²) >= 11 is 0. The minimum absolute atomic E-state index is 0.604. The maximum absolute atomic E-state index is 5.30. The van der Waals surface area contributed by atoms with Gasteiger partial charge < -0.3 is 9.30 Å². The van der Waals surface area contributed by atoms with E-state index in [1.54, 1.807) is 18.4 Å². The molecular formula is C25H32N2O. The van der Waals surface area contributed by atoms with Crippen LogP contribution >= 0.6 is 0 Å². The Morgan fingerprint density at radius 2 is 1.79 bits per heavy atom. The van der Waals surface area contributed by atoms with E-state index in [-0.39, 0.29) is 0 Å². The topological polar surface area (TPSA) is 17.4 Å². The first-order valence-corrected chi connectivity index (χ1v) is 10.6. The van der Waals surface area contributed by atoms with Crippen LogP contribution in [0.1, 0.15) is 43.2 Å². The fourth-order valence-electron chi connectivity index (χ4n) is 4.63. The van der Waals surface area contributed by atoms with Crippen molar-refractivity contribution in [2.45, 2.75) is 59.2 Å². The van der Waals surface area contributed by atoms with Gasteiger partial charge in [0.15, 0.2) is 0 Å². The van der Waals surface area contributed by atoms with E-state index in [0.29, 0.717) is 6.04 Å². The summed E-state index contributed by atoms with van der Waals surface area (Å²) in [5, 5.41) is 1.47. The zero-order valence-electron chi connectivity index (χ0n) is 17.7. The highest BCUT2D eigenvalue weighted by atomic mass is 16.5. The van der Waals surface area contributed by atoms with Crippen molar-refractivity contribution in [1.82, 2.24) is 9.47 Å². The second kappa shape index (κ2) is 8.00. The van der Waals surface area contributed by atoms with Gasteiger partial charge >= 0.3 is 0 Å². The number of nitrogens with zero attached hydrogens (tertiary/aromatic N) is 2. The molecule has 0 saturated heterocycles. The molecular weight excluding hydrogens is 344 g/mol. The van der Waals surface area contributed by atoms with Crippen LogP contribution in [0.4, 0.5) is 0 Å². The van der Waals surface area contributed by atoms with Crippen LogP contribution in [0, 0.1) is 0 Å². The van der Waals surface area contributed by atoms with Crippen molar-refractivity contribution >= 4 is 10.9 Å². The average Bonchev–Trinajstić information content (AvgIpc) is 3.03.